The molecule has 0 bridgehead atoms. The first-order valence-corrected chi connectivity index (χ1v) is 7.99. The van der Waals surface area contributed by atoms with Crippen molar-refractivity contribution in [2.45, 2.75) is 19.5 Å². The maximum Gasteiger partial charge on any atom is 0.118 e. The molecule has 0 aliphatic rings. The summed E-state index contributed by atoms with van der Waals surface area (Å²) >= 11 is 0. The number of hydrogen-bond acceptors (Lipinski definition) is 4. The molecule has 0 aliphatic heterocycles. The van der Waals surface area contributed by atoms with Gasteiger partial charge in [0, 0.05) is 13.1 Å². The summed E-state index contributed by atoms with van der Waals surface area (Å²) in [6.07, 6.45) is 1.10. The highest BCUT2D eigenvalue weighted by Gasteiger charge is 1.96. The van der Waals surface area contributed by atoms with Crippen molar-refractivity contribution in [1.29, 1.82) is 0 Å². The Morgan fingerprint density at radius 3 is 1.32 bits per heavy atom. The minimum Gasteiger partial charge on any atom is -1.00 e. The van der Waals surface area contributed by atoms with Crippen LogP contribution in [0, 0.1) is 0 Å². The zero-order valence-corrected chi connectivity index (χ0v) is 16.2. The first-order chi connectivity index (χ1) is 11.3. The van der Waals surface area contributed by atoms with E-state index in [1.54, 1.807) is 14.2 Å². The summed E-state index contributed by atoms with van der Waals surface area (Å²) < 4.78 is 10.3. The van der Waals surface area contributed by atoms with Crippen LogP contribution in [0.5, 0.6) is 11.5 Å². The minimum atomic E-state index is 0. The van der Waals surface area contributed by atoms with Gasteiger partial charge >= 0.3 is 0 Å². The van der Waals surface area contributed by atoms with Gasteiger partial charge in [-0.15, -0.1) is 0 Å². The molecular formula is C19H26Cl2N2O2-2. The molecule has 0 unspecified atom stereocenters. The molecule has 4 nitrogen and oxygen atoms in total. The lowest BCUT2D eigenvalue weighted by Gasteiger charge is -2.08. The Morgan fingerprint density at radius 2 is 1.00 bits per heavy atom. The van der Waals surface area contributed by atoms with Gasteiger partial charge in [0.1, 0.15) is 11.5 Å². The van der Waals surface area contributed by atoms with Crippen molar-refractivity contribution in [3.05, 3.63) is 59.7 Å². The molecule has 0 heterocycles. The molecule has 25 heavy (non-hydrogen) atoms. The van der Waals surface area contributed by atoms with Gasteiger partial charge in [0.15, 0.2) is 0 Å². The van der Waals surface area contributed by atoms with Crippen LogP contribution in [0.15, 0.2) is 48.5 Å². The fraction of sp³-hybridized carbons (Fsp3) is 0.368. The predicted octanol–water partition coefficient (Wildman–Crippen LogP) is -3.02. The average molecular weight is 385 g/mol. The Bertz CT molecular complexity index is 511. The first kappa shape index (κ1) is 23.5. The highest BCUT2D eigenvalue weighted by Crippen LogP contribution is 2.11. The van der Waals surface area contributed by atoms with Crippen LogP contribution in [0.25, 0.3) is 0 Å². The zero-order valence-electron chi connectivity index (χ0n) is 14.7. The summed E-state index contributed by atoms with van der Waals surface area (Å²) in [5, 5.41) is 6.91. The molecule has 2 aromatic carbocycles. The number of ether oxygens (including phenoxy) is 2. The maximum absolute atomic E-state index is 5.15. The van der Waals surface area contributed by atoms with E-state index in [1.165, 1.54) is 11.1 Å². The summed E-state index contributed by atoms with van der Waals surface area (Å²) in [6.45, 7) is 3.79. The van der Waals surface area contributed by atoms with Gasteiger partial charge in [-0.25, -0.2) is 0 Å². The van der Waals surface area contributed by atoms with Crippen LogP contribution in [-0.4, -0.2) is 27.3 Å². The smallest absolute Gasteiger partial charge is 0.118 e. The third kappa shape index (κ3) is 8.98. The highest BCUT2D eigenvalue weighted by molar-refractivity contribution is 5.27. The molecule has 2 aromatic rings. The third-order valence-electron chi connectivity index (χ3n) is 3.68. The molecular weight excluding hydrogens is 359 g/mol. The molecule has 0 atom stereocenters. The summed E-state index contributed by atoms with van der Waals surface area (Å²) in [5.74, 6) is 1.80. The minimum absolute atomic E-state index is 0. The molecule has 0 aromatic heterocycles. The largest absolute Gasteiger partial charge is 1.00 e. The predicted molar refractivity (Wildman–Crippen MR) is 94.0 cm³/mol. The Balaban J connectivity index is 0.00000288. The van der Waals surface area contributed by atoms with Gasteiger partial charge < -0.3 is 44.9 Å². The molecule has 0 radical (unpaired) electrons. The van der Waals surface area contributed by atoms with Crippen molar-refractivity contribution in [1.82, 2.24) is 10.6 Å². The van der Waals surface area contributed by atoms with Gasteiger partial charge in [-0.05, 0) is 54.9 Å². The lowest BCUT2D eigenvalue weighted by atomic mass is 10.2. The molecule has 0 saturated heterocycles. The van der Waals surface area contributed by atoms with E-state index in [0.29, 0.717) is 0 Å². The van der Waals surface area contributed by atoms with Gasteiger partial charge in [-0.3, -0.25) is 0 Å². The second kappa shape index (κ2) is 13.8. The summed E-state index contributed by atoms with van der Waals surface area (Å²) in [6, 6.07) is 16.3. The van der Waals surface area contributed by atoms with E-state index < -0.39 is 0 Å². The van der Waals surface area contributed by atoms with E-state index in [9.17, 15) is 0 Å². The van der Waals surface area contributed by atoms with E-state index in [4.69, 9.17) is 9.47 Å². The molecule has 0 spiro atoms. The van der Waals surface area contributed by atoms with Gasteiger partial charge in [-0.2, -0.15) is 0 Å². The van der Waals surface area contributed by atoms with E-state index in [0.717, 1.165) is 44.1 Å². The quantitative estimate of drug-likeness (QED) is 0.428. The fourth-order valence-electron chi connectivity index (χ4n) is 2.29. The average Bonchev–Trinajstić information content (AvgIpc) is 2.62. The van der Waals surface area contributed by atoms with Crippen molar-refractivity contribution in [2.24, 2.45) is 0 Å². The molecule has 2 rings (SSSR count). The Hall–Kier alpha value is -1.46. The Morgan fingerprint density at radius 1 is 0.640 bits per heavy atom. The van der Waals surface area contributed by atoms with Crippen LogP contribution in [-0.2, 0) is 13.1 Å². The second-order valence-electron chi connectivity index (χ2n) is 5.40. The van der Waals surface area contributed by atoms with E-state index in [2.05, 4.69) is 34.9 Å². The SMILES string of the molecule is COc1ccc(CNCCCNCc2ccc(OC)cc2)cc1.[Cl-].[Cl-]. The number of methoxy groups -OCH3 is 2. The summed E-state index contributed by atoms with van der Waals surface area (Å²) in [7, 11) is 3.37. The lowest BCUT2D eigenvalue weighted by Crippen LogP contribution is -3.00. The number of nitrogens with one attached hydrogen (secondary N) is 2. The van der Waals surface area contributed by atoms with Crippen LogP contribution in [0.3, 0.4) is 0 Å². The number of halogens is 2. The molecule has 0 saturated carbocycles. The number of benzene rings is 2. The monoisotopic (exact) mass is 384 g/mol. The maximum atomic E-state index is 5.15. The van der Waals surface area contributed by atoms with Crippen molar-refractivity contribution in [2.75, 3.05) is 27.3 Å². The Labute approximate surface area is 163 Å². The fourth-order valence-corrected chi connectivity index (χ4v) is 2.29. The van der Waals surface area contributed by atoms with Gasteiger partial charge in [0.2, 0.25) is 0 Å². The van der Waals surface area contributed by atoms with Gasteiger partial charge in [-0.1, -0.05) is 24.3 Å². The standard InChI is InChI=1S/C19H26N2O2.2ClH/c1-22-18-8-4-16(5-9-18)14-20-12-3-13-21-15-17-6-10-19(23-2)11-7-17;;/h4-11,20-21H,3,12-15H2,1-2H3;2*1H/p-2. The third-order valence-corrected chi connectivity index (χ3v) is 3.68. The van der Waals surface area contributed by atoms with E-state index >= 15 is 0 Å². The van der Waals surface area contributed by atoms with E-state index in [-0.39, 0.29) is 24.8 Å². The van der Waals surface area contributed by atoms with Crippen molar-refractivity contribution >= 4 is 0 Å². The van der Waals surface area contributed by atoms with Crippen LogP contribution >= 0.6 is 0 Å². The lowest BCUT2D eigenvalue weighted by molar-refractivity contribution is -0.001000. The van der Waals surface area contributed by atoms with Crippen LogP contribution < -0.4 is 44.9 Å². The van der Waals surface area contributed by atoms with Crippen LogP contribution in [0.1, 0.15) is 17.5 Å². The van der Waals surface area contributed by atoms with Gasteiger partial charge in [0.05, 0.1) is 14.2 Å². The summed E-state index contributed by atoms with van der Waals surface area (Å²) in [4.78, 5) is 0. The summed E-state index contributed by atoms with van der Waals surface area (Å²) in [5.41, 5.74) is 2.55. The molecule has 0 aliphatic carbocycles. The van der Waals surface area contributed by atoms with Crippen molar-refractivity contribution in [3.8, 4) is 11.5 Å². The highest BCUT2D eigenvalue weighted by atomic mass is 35.5. The molecule has 2 N–H and O–H groups in total. The molecule has 140 valence electrons. The van der Waals surface area contributed by atoms with Crippen molar-refractivity contribution in [3.63, 3.8) is 0 Å². The molecule has 6 heteroatoms. The topological polar surface area (TPSA) is 42.5 Å². The number of hydrogen-bond donors (Lipinski definition) is 2. The van der Waals surface area contributed by atoms with Crippen LogP contribution in [0.2, 0.25) is 0 Å². The molecule has 0 amide bonds. The van der Waals surface area contributed by atoms with Crippen LogP contribution in [0.4, 0.5) is 0 Å². The number of rotatable bonds is 10. The van der Waals surface area contributed by atoms with Crippen molar-refractivity contribution < 1.29 is 34.3 Å². The van der Waals surface area contributed by atoms with E-state index in [1.807, 2.05) is 24.3 Å². The Kier molecular flexibility index (Phi) is 13.0. The second-order valence-corrected chi connectivity index (χ2v) is 5.40. The first-order valence-electron chi connectivity index (χ1n) is 7.99. The zero-order chi connectivity index (χ0) is 16.3. The van der Waals surface area contributed by atoms with Gasteiger partial charge in [0.25, 0.3) is 0 Å². The normalized spacial score (nSPS) is 9.68. The molecule has 0 fully saturated rings.